The van der Waals surface area contributed by atoms with E-state index in [0.717, 1.165) is 184 Å². The van der Waals surface area contributed by atoms with Gasteiger partial charge in [0.2, 0.25) is 0 Å². The number of aliphatic hydroxyl groups excluding tert-OH is 9. The molecule has 0 aromatic rings. The van der Waals surface area contributed by atoms with Crippen LogP contribution in [0.25, 0.3) is 0 Å². The van der Waals surface area contributed by atoms with Crippen LogP contribution < -0.4 is 5.84 Å². The van der Waals surface area contributed by atoms with E-state index in [-0.39, 0.29) is 135 Å². The summed E-state index contributed by atoms with van der Waals surface area (Å²) in [4.78, 5) is 46.2. The van der Waals surface area contributed by atoms with Crippen molar-refractivity contribution in [1.29, 1.82) is 0 Å². The molecule has 0 spiro atoms. The molecule has 0 heterocycles. The van der Waals surface area contributed by atoms with Crippen LogP contribution in [0.5, 0.6) is 0 Å². The van der Waals surface area contributed by atoms with Gasteiger partial charge < -0.3 is 71.5 Å². The third kappa shape index (κ3) is 17.5. The molecule has 0 saturated heterocycles. The van der Waals surface area contributed by atoms with Crippen molar-refractivity contribution >= 4 is 29.6 Å². The molecule has 19 heteroatoms. The van der Waals surface area contributed by atoms with Gasteiger partial charge in [-0.1, -0.05) is 96.4 Å². The van der Waals surface area contributed by atoms with Crippen molar-refractivity contribution in [3.05, 3.63) is 0 Å². The number of fused-ring (bicyclic) bond motifs is 20. The first-order valence-corrected chi connectivity index (χ1v) is 50.3. The third-order valence-electron chi connectivity index (χ3n) is 42.3. The highest BCUT2D eigenvalue weighted by Gasteiger charge is 2.70. The Morgan fingerprint density at radius 2 is 0.736 bits per heavy atom. The van der Waals surface area contributed by atoms with Crippen LogP contribution in [-0.2, 0) is 28.7 Å². The van der Waals surface area contributed by atoms with E-state index in [2.05, 4.69) is 95.1 Å². The van der Waals surface area contributed by atoms with Gasteiger partial charge in [0.1, 0.15) is 0 Å². The third-order valence-corrected chi connectivity index (χ3v) is 42.3. The molecule has 3 unspecified atom stereocenters. The fraction of sp³-hybridized carbons (Fsp3) is 0.951. The number of nitrogens with zero attached hydrogens (tertiary/aromatic N) is 1. The summed E-state index contributed by atoms with van der Waals surface area (Å²) in [6.45, 7) is 32.8. The largest absolute Gasteiger partial charge is 0.481 e. The predicted molar refractivity (Wildman–Crippen MR) is 470 cm³/mol. The average molecular weight is 1700 g/mol. The number of ether oxygens (including phenoxy) is 2. The lowest BCUT2D eigenvalue weighted by Gasteiger charge is -2.63. The number of hydrazone groups is 1. The molecule has 16 aliphatic carbocycles. The molecule has 13 N–H and O–H groups in total. The van der Waals surface area contributed by atoms with Gasteiger partial charge in [-0.25, -0.2) is 0 Å². The second kappa shape index (κ2) is 37.8. The summed E-state index contributed by atoms with van der Waals surface area (Å²) >= 11 is 0. The number of aliphatic hydroxyl groups is 9. The fourth-order valence-corrected chi connectivity index (χ4v) is 35.3. The van der Waals surface area contributed by atoms with Gasteiger partial charge in [-0.15, -0.1) is 0 Å². The minimum Gasteiger partial charge on any atom is -0.481 e. The first-order chi connectivity index (χ1) is 57.1. The quantitative estimate of drug-likeness (QED) is 0.0233. The normalized spacial score (nSPS) is 49.6. The molecule has 0 radical (unpaired) electrons. The number of rotatable bonds is 20. The Hall–Kier alpha value is -3.01. The van der Waals surface area contributed by atoms with Crippen molar-refractivity contribution in [2.75, 3.05) is 13.2 Å². The Morgan fingerprint density at radius 1 is 0.388 bits per heavy atom. The molecular formula is C102H172N2O17. The Labute approximate surface area is 728 Å². The number of hydrogen-bond donors (Lipinski definition) is 12. The maximum absolute atomic E-state index is 12.2. The van der Waals surface area contributed by atoms with Crippen LogP contribution in [0.2, 0.25) is 0 Å². The first kappa shape index (κ1) is 95.6. The summed E-state index contributed by atoms with van der Waals surface area (Å²) in [5.41, 5.74) is 1.39. The molecule has 16 saturated carbocycles. The molecule has 692 valence electrons. The van der Waals surface area contributed by atoms with E-state index in [1.165, 1.54) is 51.4 Å². The molecule has 19 nitrogen and oxygen atoms in total. The predicted octanol–water partition coefficient (Wildman–Crippen LogP) is 17.5. The van der Waals surface area contributed by atoms with Gasteiger partial charge in [0, 0.05) is 42.7 Å². The minimum absolute atomic E-state index is 0.0212. The molecule has 16 rings (SSSR count). The highest BCUT2D eigenvalue weighted by atomic mass is 16.5. The molecule has 16 aliphatic rings. The maximum atomic E-state index is 12.2. The number of carboxylic acids is 2. The Morgan fingerprint density at radius 3 is 1.15 bits per heavy atom. The lowest BCUT2D eigenvalue weighted by atomic mass is 9.43. The number of carbonyl (C=O) groups excluding carboxylic acids is 2. The summed E-state index contributed by atoms with van der Waals surface area (Å²) in [6.07, 6.45) is 34.4. The number of unbranched alkanes of at least 4 members (excludes halogenated alkanes) is 1. The first-order valence-electron chi connectivity index (χ1n) is 50.3. The van der Waals surface area contributed by atoms with Crippen LogP contribution in [0, 0.1) is 185 Å². The van der Waals surface area contributed by atoms with Crippen molar-refractivity contribution in [1.82, 2.24) is 0 Å². The SMILES string of the molecule is CCCCOC(=O)CC[C@@H](C)[C@H]1CC[C@H]2[C@@H]3CC[C@@H]4CC(O)CC[C@]4(C)[C@H]3C[C@H](O)[C@]12C.CCOC(=O)CC[C@@H](C)[C@H]1CC[C@H]2[C@@H]3CC[C@@H]4CC(O)CC[C@]4(C)[C@H]3C[C@H](O)[C@]12C.C[C@H](CCC(=O)O)[C@H]1CC[C@H]2[C@@H]3/C(=N/N)C[C@@H]4CC(O)CC[C@]4(C)[C@H]3C[C@H](O)[C@]12C.C[C@H](CCC(=O)O)[C@H]1CC[C@H]2[C@@H]3[C@H](O)C[C@@H]4C[C@H](O)CC[C@]4(C)[C@H]3C[C@H](O)[C@]12C. The van der Waals surface area contributed by atoms with E-state index in [4.69, 9.17) is 25.5 Å². The van der Waals surface area contributed by atoms with Gasteiger partial charge in [0.05, 0.1) is 68.1 Å². The standard InChI is InChI=1S/C28H48O4.C26H44O4.C24H40N2O4.C24H40O5/c1-5-6-15-32-26(31)12-7-18(2)22-10-11-23-21-9-8-19-16-20(29)13-14-27(19,3)24(21)17-25(30)28(22,23)4;1-5-30-24(29)11-6-16(2)20-9-10-21-19-8-7-17-14-18(27)12-13-25(17,3)22(19)15-23(28)26(20,21)4;1-13(4-7-21(29)30)16-5-6-17-22-18(12-20(28)24(16,17)3)23(2)9-8-15(27)10-14(23)11-19(22)26-25;1-13(4-7-21(28)29)16-5-6-17-22-18(12-20(27)24(16,17)3)23(2)9-8-15(25)10-14(23)11-19(22)26/h18-25,29-30H,5-17H2,1-4H3;16-23,27-28H,5-15H2,1-4H3;13-18,20,22,27-28H,4-12,25H2,1-3H3,(H,29,30);13-20,22,25-27H,4-12H2,1-3H3,(H,28,29)/b;;26-19+;/t18-,19-,20?,21+,22-,23+,24+,25+,27+,28-;16-,17-,18?,19+,20-,21+,22+,23+,25+,26-;13-,14+,15?,16-,17+,18+,20+,22+,23+,24-;13-,14+,15-,16-,17+,18+,19-,20+,22+,23+,24-/m1111/s1. The zero-order chi connectivity index (χ0) is 87.8. The monoisotopic (exact) mass is 1700 g/mol. The van der Waals surface area contributed by atoms with Crippen LogP contribution in [0.15, 0.2) is 5.10 Å². The molecule has 121 heavy (non-hydrogen) atoms. The average Bonchev–Trinajstić information content (AvgIpc) is 1.66. The molecule has 16 fully saturated rings. The summed E-state index contributed by atoms with van der Waals surface area (Å²) in [6, 6.07) is 0. The molecule has 0 aromatic carbocycles. The number of carboxylic acid groups (broad SMARTS) is 2. The van der Waals surface area contributed by atoms with E-state index in [0.29, 0.717) is 151 Å². The number of nitrogens with two attached hydrogens (primary N) is 1. The van der Waals surface area contributed by atoms with Gasteiger partial charge in [-0.05, 0) is 406 Å². The van der Waals surface area contributed by atoms with Crippen LogP contribution in [0.3, 0.4) is 0 Å². The van der Waals surface area contributed by atoms with Crippen LogP contribution in [-0.4, -0.2) is 154 Å². The molecule has 0 amide bonds. The topological polar surface area (TPSA) is 348 Å². The van der Waals surface area contributed by atoms with Crippen molar-refractivity contribution < 1.29 is 84.8 Å². The van der Waals surface area contributed by atoms with Gasteiger partial charge >= 0.3 is 23.9 Å². The van der Waals surface area contributed by atoms with E-state index < -0.39 is 18.0 Å². The summed E-state index contributed by atoms with van der Waals surface area (Å²) in [5, 5.41) is 121. The highest BCUT2D eigenvalue weighted by molar-refractivity contribution is 5.89. The molecule has 0 bridgehead atoms. The van der Waals surface area contributed by atoms with E-state index in [1.807, 2.05) is 6.92 Å². The zero-order valence-electron chi connectivity index (χ0n) is 77.6. The second-order valence-electron chi connectivity index (χ2n) is 47.0. The van der Waals surface area contributed by atoms with E-state index in [9.17, 15) is 65.1 Å². The number of aliphatic carboxylic acids is 2. The van der Waals surface area contributed by atoms with Crippen molar-refractivity contribution in [2.24, 2.45) is 196 Å². The Kier molecular flexibility index (Phi) is 29.9. The zero-order valence-corrected chi connectivity index (χ0v) is 77.6. The smallest absolute Gasteiger partial charge is 0.305 e. The van der Waals surface area contributed by atoms with Crippen molar-refractivity contribution in [3.63, 3.8) is 0 Å². The Balaban J connectivity index is 0.000000139. The second-order valence-corrected chi connectivity index (χ2v) is 47.0. The van der Waals surface area contributed by atoms with Gasteiger partial charge in [0.25, 0.3) is 0 Å². The molecule has 0 aliphatic heterocycles. The molecular weight excluding hydrogens is 1530 g/mol. The summed E-state index contributed by atoms with van der Waals surface area (Å²) < 4.78 is 10.5. The number of carbonyl (C=O) groups is 4. The maximum Gasteiger partial charge on any atom is 0.305 e. The summed E-state index contributed by atoms with van der Waals surface area (Å²) in [7, 11) is 0. The van der Waals surface area contributed by atoms with Crippen molar-refractivity contribution in [3.8, 4) is 0 Å². The van der Waals surface area contributed by atoms with Crippen LogP contribution in [0.1, 0.15) is 354 Å². The van der Waals surface area contributed by atoms with Gasteiger partial charge in [0.15, 0.2) is 0 Å². The van der Waals surface area contributed by atoms with Crippen LogP contribution >= 0.6 is 0 Å². The van der Waals surface area contributed by atoms with E-state index >= 15 is 0 Å². The minimum atomic E-state index is -0.748. The number of hydrogen-bond acceptors (Lipinski definition) is 17. The van der Waals surface area contributed by atoms with Crippen molar-refractivity contribution in [2.45, 2.75) is 409 Å². The van der Waals surface area contributed by atoms with Gasteiger partial charge in [-0.3, -0.25) is 19.2 Å². The lowest BCUT2D eigenvalue weighted by Crippen LogP contribution is -2.62. The van der Waals surface area contributed by atoms with Crippen LogP contribution in [0.4, 0.5) is 0 Å². The van der Waals surface area contributed by atoms with Gasteiger partial charge in [-0.2, -0.15) is 5.10 Å². The summed E-state index contributed by atoms with van der Waals surface area (Å²) in [5.74, 6) is 15.0. The molecule has 41 atom stereocenters. The fourth-order valence-electron chi connectivity index (χ4n) is 35.3. The Bertz CT molecular complexity index is 3540. The van der Waals surface area contributed by atoms with E-state index in [1.54, 1.807) is 0 Å². The molecule has 0 aromatic heterocycles. The number of esters is 2. The highest BCUT2D eigenvalue weighted by Crippen LogP contribution is 2.74. The lowest BCUT2D eigenvalue weighted by molar-refractivity contribution is -0.207.